The van der Waals surface area contributed by atoms with Gasteiger partial charge in [-0.25, -0.2) is 9.37 Å². The summed E-state index contributed by atoms with van der Waals surface area (Å²) >= 11 is 0. The van der Waals surface area contributed by atoms with Gasteiger partial charge in [0, 0.05) is 49.2 Å². The lowest BCUT2D eigenvalue weighted by atomic mass is 9.97. The van der Waals surface area contributed by atoms with Crippen molar-refractivity contribution >= 4 is 29.1 Å². The Balaban J connectivity index is 1.47. The van der Waals surface area contributed by atoms with Crippen LogP contribution in [0.5, 0.6) is 5.75 Å². The first kappa shape index (κ1) is 21.2. The third kappa shape index (κ3) is 4.07. The molecule has 7 heteroatoms. The molecule has 0 aliphatic carbocycles. The Morgan fingerprint density at radius 1 is 1.09 bits per heavy atom. The summed E-state index contributed by atoms with van der Waals surface area (Å²) in [7, 11) is 3.64. The van der Waals surface area contributed by atoms with Crippen LogP contribution >= 0.6 is 0 Å². The molecule has 2 aromatic carbocycles. The number of aromatic nitrogens is 1. The lowest BCUT2D eigenvalue weighted by Crippen LogP contribution is -2.44. The molecule has 1 fully saturated rings. The van der Waals surface area contributed by atoms with Gasteiger partial charge in [0.1, 0.15) is 17.4 Å². The standard InChI is InChI=1S/C26H25FN4O2/c1-30-10-12-31(13-11-30)24-9-6-17(16-28-24)14-20-19-15-18(7-8-22(19)29-26(20)32)25-21(27)4-3-5-23(25)33-2/h3-9,14-16H,10-13H2,1-2H3,(H,29,32). The lowest BCUT2D eigenvalue weighted by Gasteiger charge is -2.33. The van der Waals surface area contributed by atoms with Crippen molar-refractivity contribution < 1.29 is 13.9 Å². The summed E-state index contributed by atoms with van der Waals surface area (Å²) < 4.78 is 20.0. The van der Waals surface area contributed by atoms with E-state index < -0.39 is 0 Å². The Morgan fingerprint density at radius 2 is 1.91 bits per heavy atom. The molecular formula is C26H25FN4O2. The van der Waals surface area contributed by atoms with E-state index in [1.807, 2.05) is 24.3 Å². The average Bonchev–Trinajstić information content (AvgIpc) is 3.14. The summed E-state index contributed by atoms with van der Waals surface area (Å²) in [6.07, 6.45) is 3.61. The highest BCUT2D eigenvalue weighted by Gasteiger charge is 2.25. The van der Waals surface area contributed by atoms with Crippen LogP contribution in [0.15, 0.2) is 54.7 Å². The van der Waals surface area contributed by atoms with E-state index in [0.717, 1.165) is 43.1 Å². The summed E-state index contributed by atoms with van der Waals surface area (Å²) in [5.41, 5.74) is 3.81. The molecule has 6 nitrogen and oxygen atoms in total. The minimum absolute atomic E-state index is 0.189. The minimum atomic E-state index is -0.374. The minimum Gasteiger partial charge on any atom is -0.496 e. The smallest absolute Gasteiger partial charge is 0.256 e. The molecular weight excluding hydrogens is 419 g/mol. The third-order valence-corrected chi connectivity index (χ3v) is 6.20. The van der Waals surface area contributed by atoms with E-state index in [4.69, 9.17) is 4.74 Å². The third-order valence-electron chi connectivity index (χ3n) is 6.20. The van der Waals surface area contributed by atoms with E-state index in [1.54, 1.807) is 30.5 Å². The highest BCUT2D eigenvalue weighted by molar-refractivity contribution is 6.35. The van der Waals surface area contributed by atoms with Crippen LogP contribution in [0, 0.1) is 5.82 Å². The summed E-state index contributed by atoms with van der Waals surface area (Å²) in [5, 5.41) is 2.89. The largest absolute Gasteiger partial charge is 0.496 e. The molecule has 0 spiro atoms. The van der Waals surface area contributed by atoms with Gasteiger partial charge in [0.05, 0.1) is 12.7 Å². The predicted molar refractivity (Wildman–Crippen MR) is 129 cm³/mol. The van der Waals surface area contributed by atoms with Crippen molar-refractivity contribution in [2.24, 2.45) is 0 Å². The van der Waals surface area contributed by atoms with E-state index in [-0.39, 0.29) is 11.7 Å². The van der Waals surface area contributed by atoms with Crippen LogP contribution in [0.25, 0.3) is 22.8 Å². The van der Waals surface area contributed by atoms with E-state index in [0.29, 0.717) is 28.1 Å². The molecule has 1 amide bonds. The number of fused-ring (bicyclic) bond motifs is 1. The van der Waals surface area contributed by atoms with Crippen molar-refractivity contribution in [3.8, 4) is 16.9 Å². The van der Waals surface area contributed by atoms with Gasteiger partial charge in [0.15, 0.2) is 0 Å². The van der Waals surface area contributed by atoms with Crippen molar-refractivity contribution in [2.75, 3.05) is 50.6 Å². The van der Waals surface area contributed by atoms with E-state index >= 15 is 0 Å². The molecule has 3 aromatic rings. The second-order valence-electron chi connectivity index (χ2n) is 8.33. The zero-order chi connectivity index (χ0) is 22.9. The SMILES string of the molecule is COc1cccc(F)c1-c1ccc2c(c1)C(=Cc1ccc(N3CCN(C)CC3)nc1)C(=O)N2. The number of likely N-dealkylation sites (N-methyl/N-ethyl adjacent to an activating group) is 1. The molecule has 33 heavy (non-hydrogen) atoms. The molecule has 1 N–H and O–H groups in total. The number of rotatable bonds is 4. The van der Waals surface area contributed by atoms with Gasteiger partial charge in [-0.15, -0.1) is 0 Å². The molecule has 1 saturated heterocycles. The summed E-state index contributed by atoms with van der Waals surface area (Å²) in [5.74, 6) is 0.823. The Bertz CT molecular complexity index is 1230. The summed E-state index contributed by atoms with van der Waals surface area (Å²) in [6.45, 7) is 3.92. The Labute approximate surface area is 192 Å². The van der Waals surface area contributed by atoms with Gasteiger partial charge in [-0.2, -0.15) is 0 Å². The van der Waals surface area contributed by atoms with Crippen LogP contribution in [-0.4, -0.2) is 56.1 Å². The number of carbonyl (C=O) groups excluding carboxylic acids is 1. The number of benzene rings is 2. The quantitative estimate of drug-likeness (QED) is 0.613. The number of nitrogens with zero attached hydrogens (tertiary/aromatic N) is 3. The number of hydrogen-bond donors (Lipinski definition) is 1. The van der Waals surface area contributed by atoms with Gasteiger partial charge < -0.3 is 19.9 Å². The topological polar surface area (TPSA) is 57.7 Å². The molecule has 3 heterocycles. The van der Waals surface area contributed by atoms with Crippen molar-refractivity contribution in [3.05, 3.63) is 71.7 Å². The van der Waals surface area contributed by atoms with Gasteiger partial charge in [-0.3, -0.25) is 4.79 Å². The van der Waals surface area contributed by atoms with Crippen molar-refractivity contribution in [1.82, 2.24) is 9.88 Å². The first-order valence-electron chi connectivity index (χ1n) is 10.9. The number of pyridine rings is 1. The number of ether oxygens (including phenoxy) is 1. The number of nitrogens with one attached hydrogen (secondary N) is 1. The first-order valence-corrected chi connectivity index (χ1v) is 10.9. The van der Waals surface area contributed by atoms with Crippen LogP contribution in [0.3, 0.4) is 0 Å². The molecule has 0 radical (unpaired) electrons. The van der Waals surface area contributed by atoms with Crippen LogP contribution in [0.2, 0.25) is 0 Å². The molecule has 168 valence electrons. The van der Waals surface area contributed by atoms with Crippen LogP contribution < -0.4 is 15.0 Å². The van der Waals surface area contributed by atoms with Gasteiger partial charge in [0.2, 0.25) is 0 Å². The van der Waals surface area contributed by atoms with Crippen LogP contribution in [0.1, 0.15) is 11.1 Å². The first-order chi connectivity index (χ1) is 16.0. The average molecular weight is 445 g/mol. The van der Waals surface area contributed by atoms with Gasteiger partial charge >= 0.3 is 0 Å². The molecule has 2 aliphatic heterocycles. The fraction of sp³-hybridized carbons (Fsp3) is 0.231. The number of anilines is 2. The summed E-state index contributed by atoms with van der Waals surface area (Å²) in [6, 6.07) is 14.1. The molecule has 0 saturated carbocycles. The van der Waals surface area contributed by atoms with Gasteiger partial charge in [0.25, 0.3) is 5.91 Å². The molecule has 5 rings (SSSR count). The van der Waals surface area contributed by atoms with Gasteiger partial charge in [-0.1, -0.05) is 12.1 Å². The van der Waals surface area contributed by atoms with E-state index in [9.17, 15) is 9.18 Å². The highest BCUT2D eigenvalue weighted by Crippen LogP contribution is 2.39. The normalized spacial score (nSPS) is 17.2. The van der Waals surface area contributed by atoms with Crippen LogP contribution in [-0.2, 0) is 4.79 Å². The van der Waals surface area contributed by atoms with Crippen LogP contribution in [0.4, 0.5) is 15.9 Å². The molecule has 0 bridgehead atoms. The summed E-state index contributed by atoms with van der Waals surface area (Å²) in [4.78, 5) is 21.9. The van der Waals surface area contributed by atoms with Crippen molar-refractivity contribution in [3.63, 3.8) is 0 Å². The lowest BCUT2D eigenvalue weighted by molar-refractivity contribution is -0.110. The van der Waals surface area contributed by atoms with E-state index in [1.165, 1.54) is 13.2 Å². The number of amides is 1. The zero-order valence-corrected chi connectivity index (χ0v) is 18.6. The van der Waals surface area contributed by atoms with Crippen molar-refractivity contribution in [2.45, 2.75) is 0 Å². The second-order valence-corrected chi connectivity index (χ2v) is 8.33. The van der Waals surface area contributed by atoms with Gasteiger partial charge in [-0.05, 0) is 60.6 Å². The van der Waals surface area contributed by atoms with E-state index in [2.05, 4.69) is 27.1 Å². The fourth-order valence-corrected chi connectivity index (χ4v) is 4.31. The molecule has 1 aromatic heterocycles. The number of carbonyl (C=O) groups is 1. The number of piperazine rings is 1. The second kappa shape index (κ2) is 8.67. The maximum atomic E-state index is 14.6. The predicted octanol–water partition coefficient (Wildman–Crippen LogP) is 4.14. The number of methoxy groups -OCH3 is 1. The maximum absolute atomic E-state index is 14.6. The van der Waals surface area contributed by atoms with Crippen molar-refractivity contribution in [1.29, 1.82) is 0 Å². The number of hydrogen-bond acceptors (Lipinski definition) is 5. The highest BCUT2D eigenvalue weighted by atomic mass is 19.1. The Hall–Kier alpha value is -3.71. The zero-order valence-electron chi connectivity index (χ0n) is 18.6. The number of halogens is 1. The maximum Gasteiger partial charge on any atom is 0.256 e. The Morgan fingerprint density at radius 3 is 2.64 bits per heavy atom. The monoisotopic (exact) mass is 444 g/mol. The molecule has 2 aliphatic rings. The fourth-order valence-electron chi connectivity index (χ4n) is 4.31. The molecule has 0 unspecified atom stereocenters. The molecule has 0 atom stereocenters. The Kier molecular flexibility index (Phi) is 5.56.